The second kappa shape index (κ2) is 8.75. The molecule has 2 heterocycles. The molecule has 7 heteroatoms. The van der Waals surface area contributed by atoms with E-state index in [9.17, 15) is 14.4 Å². The highest BCUT2D eigenvalue weighted by atomic mass is 32.1. The molecular weight excluding hydrogens is 398 g/mol. The molecule has 0 spiro atoms. The summed E-state index contributed by atoms with van der Waals surface area (Å²) in [6, 6.07) is 9.77. The fourth-order valence-electron chi connectivity index (χ4n) is 3.98. The minimum atomic E-state index is -0.269. The van der Waals surface area contributed by atoms with Crippen LogP contribution in [0.5, 0.6) is 0 Å². The summed E-state index contributed by atoms with van der Waals surface area (Å²) in [4.78, 5) is 45.6. The largest absolute Gasteiger partial charge is 0.284 e. The van der Waals surface area contributed by atoms with E-state index in [1.807, 2.05) is 47.9 Å². The minimum absolute atomic E-state index is 0.0679. The van der Waals surface area contributed by atoms with Gasteiger partial charge in [-0.3, -0.25) is 24.2 Å². The van der Waals surface area contributed by atoms with Gasteiger partial charge in [0.2, 0.25) is 17.7 Å². The first kappa shape index (κ1) is 20.2. The Balaban J connectivity index is 1.44. The Hall–Kier alpha value is -3.06. The Morgan fingerprint density at radius 2 is 1.83 bits per heavy atom. The molecule has 0 N–H and O–H groups in total. The minimum Gasteiger partial charge on any atom is -0.284 e. The molecule has 1 aliphatic heterocycles. The number of allylic oxidation sites excluding steroid dienone is 2. The zero-order valence-corrected chi connectivity index (χ0v) is 17.4. The summed E-state index contributed by atoms with van der Waals surface area (Å²) in [5, 5.41) is 2.50. The first-order chi connectivity index (χ1) is 14.6. The maximum Gasteiger partial charge on any atom is 0.233 e. The van der Waals surface area contributed by atoms with Gasteiger partial charge in [0.1, 0.15) is 0 Å². The average Bonchev–Trinajstić information content (AvgIpc) is 3.35. The Bertz CT molecular complexity index is 972. The number of likely N-dealkylation sites (tertiary alicyclic amines) is 1. The van der Waals surface area contributed by atoms with Gasteiger partial charge in [-0.25, -0.2) is 4.98 Å². The van der Waals surface area contributed by atoms with Crippen LogP contribution in [0.3, 0.4) is 0 Å². The molecule has 1 aliphatic carbocycles. The number of imide groups is 1. The highest BCUT2D eigenvalue weighted by molar-refractivity contribution is 7.14. The van der Waals surface area contributed by atoms with E-state index in [2.05, 4.69) is 11.6 Å². The van der Waals surface area contributed by atoms with Gasteiger partial charge in [-0.15, -0.1) is 17.9 Å². The summed E-state index contributed by atoms with van der Waals surface area (Å²) in [7, 11) is 0. The molecule has 0 unspecified atom stereocenters. The molecule has 1 aromatic heterocycles. The summed E-state index contributed by atoms with van der Waals surface area (Å²) >= 11 is 1.39. The van der Waals surface area contributed by atoms with Crippen LogP contribution in [-0.2, 0) is 14.4 Å². The number of benzene rings is 1. The standard InChI is InChI=1S/C23H23N3O3S/c1-2-13-25(23-24-19(15-30-23)16-8-4-3-5-9-16)20(27)12-14-26-21(28)17-10-6-7-11-18(17)22(26)29/h2-9,15,17-18H,1,10-14H2/t17-,18-/m0/s1. The summed E-state index contributed by atoms with van der Waals surface area (Å²) in [6.45, 7) is 4.16. The number of rotatable bonds is 7. The number of fused-ring (bicyclic) bond motifs is 1. The highest BCUT2D eigenvalue weighted by Gasteiger charge is 2.47. The number of anilines is 1. The summed E-state index contributed by atoms with van der Waals surface area (Å²) in [6.07, 6.45) is 6.83. The molecule has 30 heavy (non-hydrogen) atoms. The second-order valence-corrected chi connectivity index (χ2v) is 8.24. The van der Waals surface area contributed by atoms with Crippen molar-refractivity contribution >= 4 is 34.2 Å². The zero-order valence-electron chi connectivity index (χ0n) is 16.6. The van der Waals surface area contributed by atoms with Crippen LogP contribution in [0, 0.1) is 11.8 Å². The lowest BCUT2D eigenvalue weighted by atomic mass is 9.85. The number of aromatic nitrogens is 1. The predicted octanol–water partition coefficient (Wildman–Crippen LogP) is 3.67. The van der Waals surface area contributed by atoms with Crippen molar-refractivity contribution in [2.75, 3.05) is 18.0 Å². The Labute approximate surface area is 179 Å². The third kappa shape index (κ3) is 3.85. The van der Waals surface area contributed by atoms with Gasteiger partial charge in [-0.05, 0) is 12.8 Å². The van der Waals surface area contributed by atoms with Crippen molar-refractivity contribution in [1.29, 1.82) is 0 Å². The number of thiazole rings is 1. The van der Waals surface area contributed by atoms with Crippen molar-refractivity contribution in [2.45, 2.75) is 19.3 Å². The smallest absolute Gasteiger partial charge is 0.233 e. The molecule has 2 aliphatic rings. The molecular formula is C23H23N3O3S. The van der Waals surface area contributed by atoms with Crippen molar-refractivity contribution in [3.05, 3.63) is 60.5 Å². The van der Waals surface area contributed by atoms with Crippen molar-refractivity contribution in [1.82, 2.24) is 9.88 Å². The van der Waals surface area contributed by atoms with Gasteiger partial charge in [0, 0.05) is 30.5 Å². The predicted molar refractivity (Wildman–Crippen MR) is 117 cm³/mol. The molecule has 1 saturated heterocycles. The fourth-order valence-corrected chi connectivity index (χ4v) is 4.84. The molecule has 154 valence electrons. The fraction of sp³-hybridized carbons (Fsp3) is 0.304. The molecule has 1 fully saturated rings. The number of carbonyl (C=O) groups excluding carboxylic acids is 3. The quantitative estimate of drug-likeness (QED) is 0.505. The van der Waals surface area contributed by atoms with E-state index < -0.39 is 0 Å². The molecule has 2 atom stereocenters. The normalized spacial score (nSPS) is 20.3. The van der Waals surface area contributed by atoms with Crippen LogP contribution in [0.15, 0.2) is 60.5 Å². The van der Waals surface area contributed by atoms with Crippen LogP contribution in [0.2, 0.25) is 0 Å². The van der Waals surface area contributed by atoms with E-state index in [1.54, 1.807) is 11.0 Å². The number of amides is 3. The van der Waals surface area contributed by atoms with E-state index in [1.165, 1.54) is 16.2 Å². The molecule has 0 bridgehead atoms. The van der Waals surface area contributed by atoms with Gasteiger partial charge in [0.25, 0.3) is 0 Å². The number of nitrogens with zero attached hydrogens (tertiary/aromatic N) is 3. The van der Waals surface area contributed by atoms with Crippen LogP contribution in [-0.4, -0.2) is 40.7 Å². The topological polar surface area (TPSA) is 70.6 Å². The van der Waals surface area contributed by atoms with E-state index >= 15 is 0 Å². The van der Waals surface area contributed by atoms with Gasteiger partial charge in [-0.2, -0.15) is 0 Å². The summed E-state index contributed by atoms with van der Waals surface area (Å²) in [5.74, 6) is -1.03. The number of carbonyl (C=O) groups is 3. The monoisotopic (exact) mass is 421 g/mol. The van der Waals surface area contributed by atoms with Gasteiger partial charge in [-0.1, -0.05) is 48.6 Å². The van der Waals surface area contributed by atoms with Crippen LogP contribution in [0.1, 0.15) is 19.3 Å². The Morgan fingerprint density at radius 1 is 1.17 bits per heavy atom. The van der Waals surface area contributed by atoms with Gasteiger partial charge >= 0.3 is 0 Å². The van der Waals surface area contributed by atoms with Crippen LogP contribution in [0.25, 0.3) is 11.3 Å². The van der Waals surface area contributed by atoms with Crippen molar-refractivity contribution in [3.8, 4) is 11.3 Å². The second-order valence-electron chi connectivity index (χ2n) is 7.41. The van der Waals surface area contributed by atoms with Crippen molar-refractivity contribution < 1.29 is 14.4 Å². The first-order valence-electron chi connectivity index (χ1n) is 10.0. The lowest BCUT2D eigenvalue weighted by Gasteiger charge is -2.20. The van der Waals surface area contributed by atoms with E-state index in [4.69, 9.17) is 0 Å². The first-order valence-corrected chi connectivity index (χ1v) is 10.9. The highest BCUT2D eigenvalue weighted by Crippen LogP contribution is 2.35. The van der Waals surface area contributed by atoms with Crippen LogP contribution in [0.4, 0.5) is 5.13 Å². The lowest BCUT2D eigenvalue weighted by Crippen LogP contribution is -2.37. The lowest BCUT2D eigenvalue weighted by molar-refractivity contribution is -0.140. The van der Waals surface area contributed by atoms with Gasteiger partial charge in [0.05, 0.1) is 17.5 Å². The Kier molecular flexibility index (Phi) is 5.90. The van der Waals surface area contributed by atoms with Gasteiger partial charge in [0.15, 0.2) is 5.13 Å². The zero-order chi connectivity index (χ0) is 21.1. The molecule has 0 radical (unpaired) electrons. The maximum atomic E-state index is 12.9. The molecule has 6 nitrogen and oxygen atoms in total. The molecule has 0 saturated carbocycles. The van der Waals surface area contributed by atoms with E-state index in [0.29, 0.717) is 24.5 Å². The third-order valence-electron chi connectivity index (χ3n) is 5.55. The summed E-state index contributed by atoms with van der Waals surface area (Å²) < 4.78 is 0. The van der Waals surface area contributed by atoms with Crippen molar-refractivity contribution in [2.24, 2.45) is 11.8 Å². The SMILES string of the molecule is C=CCN(C(=O)CCN1C(=O)[C@H]2CC=CC[C@@H]2C1=O)c1nc(-c2ccccc2)cs1. The van der Waals surface area contributed by atoms with Gasteiger partial charge < -0.3 is 0 Å². The Morgan fingerprint density at radius 3 is 2.47 bits per heavy atom. The molecule has 2 aromatic rings. The molecule has 4 rings (SSSR count). The molecule has 1 aromatic carbocycles. The maximum absolute atomic E-state index is 12.9. The van der Waals surface area contributed by atoms with E-state index in [-0.39, 0.29) is 42.5 Å². The third-order valence-corrected chi connectivity index (χ3v) is 6.42. The van der Waals surface area contributed by atoms with Crippen molar-refractivity contribution in [3.63, 3.8) is 0 Å². The van der Waals surface area contributed by atoms with E-state index in [0.717, 1.165) is 11.3 Å². The van der Waals surface area contributed by atoms with Crippen LogP contribution >= 0.6 is 11.3 Å². The average molecular weight is 422 g/mol. The number of hydrogen-bond donors (Lipinski definition) is 0. The number of hydrogen-bond acceptors (Lipinski definition) is 5. The van der Waals surface area contributed by atoms with Crippen LogP contribution < -0.4 is 4.90 Å². The summed E-state index contributed by atoms with van der Waals surface area (Å²) in [5.41, 5.74) is 1.79. The molecule has 3 amide bonds.